The zero-order chi connectivity index (χ0) is 18.7. The monoisotopic (exact) mass is 356 g/mol. The molecular weight excluding hydrogens is 332 g/mol. The predicted octanol–water partition coefficient (Wildman–Crippen LogP) is 1.09. The molecular formula is C19H24N4O3. The molecule has 0 spiro atoms. The summed E-state index contributed by atoms with van der Waals surface area (Å²) in [6.45, 7) is 7.92. The Morgan fingerprint density at radius 1 is 0.962 bits per heavy atom. The van der Waals surface area contributed by atoms with Gasteiger partial charge in [-0.2, -0.15) is 0 Å². The van der Waals surface area contributed by atoms with Crippen LogP contribution in [0.25, 0.3) is 0 Å². The number of rotatable bonds is 2. The maximum absolute atomic E-state index is 13.4. The van der Waals surface area contributed by atoms with E-state index in [1.807, 2.05) is 25.7 Å². The van der Waals surface area contributed by atoms with E-state index in [1.54, 1.807) is 23.4 Å². The van der Waals surface area contributed by atoms with Crippen molar-refractivity contribution in [2.24, 2.45) is 16.2 Å². The van der Waals surface area contributed by atoms with Crippen LogP contribution in [0.3, 0.4) is 0 Å². The van der Waals surface area contributed by atoms with E-state index in [0.29, 0.717) is 45.0 Å². The molecule has 7 heteroatoms. The Hall–Kier alpha value is -2.31. The third kappa shape index (κ3) is 1.86. The summed E-state index contributed by atoms with van der Waals surface area (Å²) in [4.78, 5) is 51.2. The Kier molecular flexibility index (Phi) is 3.52. The van der Waals surface area contributed by atoms with Crippen LogP contribution < -0.4 is 4.90 Å². The summed E-state index contributed by atoms with van der Waals surface area (Å²) in [7, 11) is 0. The summed E-state index contributed by atoms with van der Waals surface area (Å²) in [5.74, 6) is -0.358. The molecule has 3 aliphatic rings. The molecule has 1 aromatic rings. The van der Waals surface area contributed by atoms with Gasteiger partial charge in [0.05, 0.1) is 0 Å². The number of carbonyl (C=O) groups excluding carboxylic acids is 3. The Labute approximate surface area is 152 Å². The highest BCUT2D eigenvalue weighted by molar-refractivity contribution is 6.48. The number of amides is 1. The van der Waals surface area contributed by atoms with Gasteiger partial charge in [0.2, 0.25) is 23.4 Å². The molecule has 1 saturated heterocycles. The topological polar surface area (TPSA) is 83.5 Å². The average molecular weight is 356 g/mol. The number of aromatic nitrogens is 2. The SMILES string of the molecule is CC12CCC(C(=O)N3CCN(c4ncccn4)CC3)(C(=O)C1=O)C2(C)C. The Morgan fingerprint density at radius 2 is 1.58 bits per heavy atom. The minimum absolute atomic E-state index is 0.171. The van der Waals surface area contributed by atoms with E-state index in [0.717, 1.165) is 0 Å². The molecule has 2 unspecified atom stereocenters. The third-order valence-electron chi connectivity index (χ3n) is 7.31. The van der Waals surface area contributed by atoms with Crippen molar-refractivity contribution < 1.29 is 14.4 Å². The highest BCUT2D eigenvalue weighted by atomic mass is 16.2. The second kappa shape index (κ2) is 5.34. The molecule has 138 valence electrons. The van der Waals surface area contributed by atoms with E-state index in [-0.39, 0.29) is 11.7 Å². The van der Waals surface area contributed by atoms with Crippen LogP contribution in [0.15, 0.2) is 18.5 Å². The Bertz CT molecular complexity index is 785. The van der Waals surface area contributed by atoms with Gasteiger partial charge in [-0.25, -0.2) is 9.97 Å². The van der Waals surface area contributed by atoms with E-state index >= 15 is 0 Å². The van der Waals surface area contributed by atoms with Gasteiger partial charge in [-0.3, -0.25) is 14.4 Å². The summed E-state index contributed by atoms with van der Waals surface area (Å²) >= 11 is 0. The standard InChI is InChI=1S/C19H24N4O3/c1-17(2)18(3)5-6-19(17,14(25)13(18)24)15(26)22-9-11-23(12-10-22)16-20-7-4-8-21-16/h4,7-8H,5-6,9-12H2,1-3H3. The fraction of sp³-hybridized carbons (Fsp3) is 0.632. The van der Waals surface area contributed by atoms with Crippen LogP contribution in [0.4, 0.5) is 5.95 Å². The van der Waals surface area contributed by atoms with Crippen molar-refractivity contribution in [2.45, 2.75) is 33.6 Å². The minimum atomic E-state index is -1.19. The number of piperazine rings is 1. The quantitative estimate of drug-likeness (QED) is 0.583. The molecule has 0 radical (unpaired) electrons. The number of hydrogen-bond acceptors (Lipinski definition) is 6. The van der Waals surface area contributed by atoms with Crippen molar-refractivity contribution in [1.29, 1.82) is 0 Å². The number of Topliss-reactive ketones (excluding diaryl/α,β-unsaturated/α-hetero) is 2. The van der Waals surface area contributed by atoms with Gasteiger partial charge in [-0.1, -0.05) is 20.8 Å². The molecule has 0 aromatic carbocycles. The molecule has 0 N–H and O–H groups in total. The molecule has 3 fully saturated rings. The largest absolute Gasteiger partial charge is 0.338 e. The van der Waals surface area contributed by atoms with Gasteiger partial charge in [-0.15, -0.1) is 0 Å². The molecule has 2 saturated carbocycles. The second-order valence-corrected chi connectivity index (χ2v) is 8.35. The first-order chi connectivity index (χ1) is 12.3. The van der Waals surface area contributed by atoms with Gasteiger partial charge in [0.25, 0.3) is 0 Å². The summed E-state index contributed by atoms with van der Waals surface area (Å²) in [6.07, 6.45) is 4.48. The lowest BCUT2D eigenvalue weighted by molar-refractivity contribution is -0.155. The maximum atomic E-state index is 13.4. The van der Waals surface area contributed by atoms with Crippen molar-refractivity contribution in [3.63, 3.8) is 0 Å². The van der Waals surface area contributed by atoms with Crippen LogP contribution in [0.5, 0.6) is 0 Å². The predicted molar refractivity (Wildman–Crippen MR) is 94.4 cm³/mol. The number of carbonyl (C=O) groups is 3. The summed E-state index contributed by atoms with van der Waals surface area (Å²) < 4.78 is 0. The molecule has 2 aliphatic carbocycles. The van der Waals surface area contributed by atoms with E-state index in [4.69, 9.17) is 0 Å². The number of fused-ring (bicyclic) bond motifs is 2. The molecule has 4 rings (SSSR count). The highest BCUT2D eigenvalue weighted by Gasteiger charge is 2.78. The Morgan fingerprint density at radius 3 is 2.12 bits per heavy atom. The van der Waals surface area contributed by atoms with Crippen molar-refractivity contribution in [2.75, 3.05) is 31.1 Å². The second-order valence-electron chi connectivity index (χ2n) is 8.35. The summed E-state index contributed by atoms with van der Waals surface area (Å²) in [5.41, 5.74) is -2.56. The fourth-order valence-electron chi connectivity index (χ4n) is 5.08. The van der Waals surface area contributed by atoms with Crippen LogP contribution in [-0.4, -0.2) is 58.5 Å². The normalized spacial score (nSPS) is 33.0. The van der Waals surface area contributed by atoms with Crippen molar-refractivity contribution in [3.05, 3.63) is 18.5 Å². The molecule has 26 heavy (non-hydrogen) atoms. The molecule has 1 aromatic heterocycles. The number of anilines is 1. The van der Waals surface area contributed by atoms with E-state index in [2.05, 4.69) is 9.97 Å². The lowest BCUT2D eigenvalue weighted by atomic mass is 9.64. The zero-order valence-electron chi connectivity index (χ0n) is 15.5. The van der Waals surface area contributed by atoms with Gasteiger partial charge in [-0.05, 0) is 24.3 Å². The summed E-state index contributed by atoms with van der Waals surface area (Å²) in [5, 5.41) is 0. The number of ketones is 2. The molecule has 1 aliphatic heterocycles. The molecule has 1 amide bonds. The third-order valence-corrected chi connectivity index (χ3v) is 7.31. The van der Waals surface area contributed by atoms with Crippen LogP contribution in [-0.2, 0) is 14.4 Å². The van der Waals surface area contributed by atoms with Gasteiger partial charge in [0, 0.05) is 44.0 Å². The molecule has 2 heterocycles. The molecule has 2 atom stereocenters. The summed E-state index contributed by atoms with van der Waals surface area (Å²) in [6, 6.07) is 1.77. The van der Waals surface area contributed by atoms with E-state index in [1.165, 1.54) is 0 Å². The first-order valence-corrected chi connectivity index (χ1v) is 9.16. The number of nitrogens with zero attached hydrogens (tertiary/aromatic N) is 4. The first kappa shape index (κ1) is 17.1. The maximum Gasteiger partial charge on any atom is 0.237 e. The van der Waals surface area contributed by atoms with Crippen LogP contribution in [0, 0.1) is 16.2 Å². The lowest BCUT2D eigenvalue weighted by Crippen LogP contribution is -2.57. The lowest BCUT2D eigenvalue weighted by Gasteiger charge is -2.42. The average Bonchev–Trinajstić information content (AvgIpc) is 2.93. The van der Waals surface area contributed by atoms with Crippen molar-refractivity contribution in [3.8, 4) is 0 Å². The molecule has 7 nitrogen and oxygen atoms in total. The van der Waals surface area contributed by atoms with E-state index in [9.17, 15) is 14.4 Å². The van der Waals surface area contributed by atoms with Crippen LogP contribution >= 0.6 is 0 Å². The van der Waals surface area contributed by atoms with Gasteiger partial charge >= 0.3 is 0 Å². The minimum Gasteiger partial charge on any atom is -0.338 e. The van der Waals surface area contributed by atoms with Gasteiger partial charge < -0.3 is 9.80 Å². The zero-order valence-corrected chi connectivity index (χ0v) is 15.5. The van der Waals surface area contributed by atoms with Crippen LogP contribution in [0.1, 0.15) is 33.6 Å². The first-order valence-electron chi connectivity index (χ1n) is 9.16. The van der Waals surface area contributed by atoms with Crippen molar-refractivity contribution >= 4 is 23.4 Å². The van der Waals surface area contributed by atoms with E-state index < -0.39 is 22.0 Å². The van der Waals surface area contributed by atoms with Crippen LogP contribution in [0.2, 0.25) is 0 Å². The number of hydrogen-bond donors (Lipinski definition) is 0. The Balaban J connectivity index is 1.56. The highest BCUT2D eigenvalue weighted by Crippen LogP contribution is 2.69. The van der Waals surface area contributed by atoms with Gasteiger partial charge in [0.15, 0.2) is 0 Å². The molecule has 2 bridgehead atoms. The smallest absolute Gasteiger partial charge is 0.237 e. The fourth-order valence-corrected chi connectivity index (χ4v) is 5.08. The van der Waals surface area contributed by atoms with Crippen molar-refractivity contribution in [1.82, 2.24) is 14.9 Å². The van der Waals surface area contributed by atoms with Gasteiger partial charge in [0.1, 0.15) is 5.41 Å².